The van der Waals surface area contributed by atoms with E-state index in [-0.39, 0.29) is 12.4 Å². The fourth-order valence-corrected chi connectivity index (χ4v) is 0.968. The lowest BCUT2D eigenvalue weighted by Gasteiger charge is -2.04. The molecule has 0 aliphatic rings. The number of aryl methyl sites for hydroxylation is 1. The van der Waals surface area contributed by atoms with Crippen molar-refractivity contribution in [3.8, 4) is 5.88 Å². The molecule has 0 unspecified atom stereocenters. The molecular formula is C6H8BF3N2O3. The van der Waals surface area contributed by atoms with Crippen molar-refractivity contribution in [1.29, 1.82) is 0 Å². The van der Waals surface area contributed by atoms with Gasteiger partial charge in [-0.3, -0.25) is 0 Å². The van der Waals surface area contributed by atoms with Crippen molar-refractivity contribution in [2.75, 3.05) is 0 Å². The quantitative estimate of drug-likeness (QED) is 0.723. The van der Waals surface area contributed by atoms with Gasteiger partial charge in [-0.2, -0.15) is 18.3 Å². The highest BCUT2D eigenvalue weighted by molar-refractivity contribution is 6.33. The third-order valence-corrected chi connectivity index (χ3v) is 1.56. The van der Waals surface area contributed by atoms with E-state index in [0.29, 0.717) is 6.07 Å². The first-order chi connectivity index (χ1) is 6.84. The van der Waals surface area contributed by atoms with E-state index in [2.05, 4.69) is 9.75 Å². The van der Waals surface area contributed by atoms with Gasteiger partial charge in [0.15, 0.2) is 11.6 Å². The zero-order valence-electron chi connectivity index (χ0n) is 7.69. The molecular weight excluding hydrogens is 216 g/mol. The van der Waals surface area contributed by atoms with Crippen LogP contribution in [0.5, 0.6) is 5.88 Å². The molecule has 2 N–H and O–H groups in total. The summed E-state index contributed by atoms with van der Waals surface area (Å²) in [5, 5.41) is 20.1. The van der Waals surface area contributed by atoms with E-state index in [9.17, 15) is 13.2 Å². The maximum absolute atomic E-state index is 12.2. The number of alkyl halides is 3. The maximum atomic E-state index is 12.2. The van der Waals surface area contributed by atoms with Crippen LogP contribution in [0.1, 0.15) is 12.6 Å². The topological polar surface area (TPSA) is 67.5 Å². The summed E-state index contributed by atoms with van der Waals surface area (Å²) >= 11 is 0. The second-order valence-electron chi connectivity index (χ2n) is 2.63. The molecule has 0 radical (unpaired) electrons. The molecule has 0 bridgehead atoms. The lowest BCUT2D eigenvalue weighted by molar-refractivity contribution is -0.141. The molecule has 0 aliphatic heterocycles. The van der Waals surface area contributed by atoms with Gasteiger partial charge in [0.2, 0.25) is 0 Å². The Morgan fingerprint density at radius 2 is 2.13 bits per heavy atom. The average Bonchev–Trinajstić information content (AvgIpc) is 2.45. The molecule has 0 atom stereocenters. The second-order valence-corrected chi connectivity index (χ2v) is 2.63. The van der Waals surface area contributed by atoms with Gasteiger partial charge in [0.1, 0.15) is 0 Å². The van der Waals surface area contributed by atoms with E-state index in [4.69, 9.17) is 10.0 Å². The van der Waals surface area contributed by atoms with Crippen molar-refractivity contribution < 1.29 is 27.9 Å². The predicted octanol–water partition coefficient (Wildman–Crippen LogP) is 0.270. The maximum Gasteiger partial charge on any atom is 0.708 e. The summed E-state index contributed by atoms with van der Waals surface area (Å²) in [5.74, 6) is -0.347. The minimum Gasteiger partial charge on any atom is -0.498 e. The molecule has 1 heterocycles. The molecule has 0 aromatic carbocycles. The zero-order valence-corrected chi connectivity index (χ0v) is 7.69. The fourth-order valence-electron chi connectivity index (χ4n) is 0.968. The van der Waals surface area contributed by atoms with Crippen LogP contribution in [0.4, 0.5) is 13.2 Å². The third kappa shape index (κ3) is 2.86. The highest BCUT2D eigenvalue weighted by Gasteiger charge is 2.35. The van der Waals surface area contributed by atoms with Crippen LogP contribution in [0, 0.1) is 0 Å². The Bertz CT molecular complexity index is 339. The summed E-state index contributed by atoms with van der Waals surface area (Å²) in [4.78, 5) is 0. The van der Waals surface area contributed by atoms with Gasteiger partial charge in [0.25, 0.3) is 0 Å². The predicted molar refractivity (Wildman–Crippen MR) is 43.7 cm³/mol. The van der Waals surface area contributed by atoms with Gasteiger partial charge in [0, 0.05) is 12.6 Å². The first kappa shape index (κ1) is 11.9. The highest BCUT2D eigenvalue weighted by atomic mass is 19.4. The first-order valence-corrected chi connectivity index (χ1v) is 4.02. The van der Waals surface area contributed by atoms with Gasteiger partial charge in [-0.05, 0) is 6.92 Å². The van der Waals surface area contributed by atoms with Crippen molar-refractivity contribution in [2.45, 2.75) is 19.6 Å². The number of nitrogens with zero attached hydrogens (tertiary/aromatic N) is 2. The molecule has 1 rings (SSSR count). The Morgan fingerprint density at radius 3 is 2.53 bits per heavy atom. The largest absolute Gasteiger partial charge is 0.708 e. The monoisotopic (exact) mass is 224 g/mol. The van der Waals surface area contributed by atoms with E-state index in [1.165, 1.54) is 0 Å². The van der Waals surface area contributed by atoms with Crippen molar-refractivity contribution in [3.63, 3.8) is 0 Å². The molecule has 0 spiro atoms. The van der Waals surface area contributed by atoms with Gasteiger partial charge in [0.05, 0.1) is 0 Å². The van der Waals surface area contributed by atoms with E-state index in [1.807, 2.05) is 0 Å². The molecule has 84 valence electrons. The molecule has 1 aromatic heterocycles. The van der Waals surface area contributed by atoms with Gasteiger partial charge in [-0.1, -0.05) is 0 Å². The Morgan fingerprint density at radius 1 is 1.53 bits per heavy atom. The number of aromatic nitrogens is 2. The Kier molecular flexibility index (Phi) is 3.25. The fraction of sp³-hybridized carbons (Fsp3) is 0.500. The number of hydrogen-bond donors (Lipinski definition) is 2. The number of rotatable bonds is 3. The lowest BCUT2D eigenvalue weighted by Crippen LogP contribution is -2.22. The lowest BCUT2D eigenvalue weighted by atomic mass is 10.3. The van der Waals surface area contributed by atoms with Crippen LogP contribution in [-0.2, 0) is 12.7 Å². The minimum absolute atomic E-state index is 0.123. The van der Waals surface area contributed by atoms with Crippen LogP contribution in [0.2, 0.25) is 0 Å². The summed E-state index contributed by atoms with van der Waals surface area (Å²) < 4.78 is 41.8. The van der Waals surface area contributed by atoms with E-state index in [0.717, 1.165) is 4.68 Å². The summed E-state index contributed by atoms with van der Waals surface area (Å²) in [5.41, 5.74) is -1.14. The van der Waals surface area contributed by atoms with Gasteiger partial charge < -0.3 is 14.7 Å². The highest BCUT2D eigenvalue weighted by Crippen LogP contribution is 2.30. The van der Waals surface area contributed by atoms with Crippen molar-refractivity contribution in [1.82, 2.24) is 9.78 Å². The molecule has 5 nitrogen and oxygen atoms in total. The Balaban J connectivity index is 3.00. The average molecular weight is 224 g/mol. The van der Waals surface area contributed by atoms with E-state index in [1.54, 1.807) is 6.92 Å². The normalized spacial score (nSPS) is 11.6. The van der Waals surface area contributed by atoms with Crippen molar-refractivity contribution in [3.05, 3.63) is 11.8 Å². The minimum atomic E-state index is -4.58. The van der Waals surface area contributed by atoms with Crippen LogP contribution in [0.15, 0.2) is 6.07 Å². The second kappa shape index (κ2) is 4.11. The smallest absolute Gasteiger partial charge is 0.498 e. The first-order valence-electron chi connectivity index (χ1n) is 4.02. The van der Waals surface area contributed by atoms with Crippen molar-refractivity contribution >= 4 is 7.32 Å². The summed E-state index contributed by atoms with van der Waals surface area (Å²) in [6, 6.07) is 0.600. The number of halogens is 3. The molecule has 9 heteroatoms. The van der Waals surface area contributed by atoms with Crippen LogP contribution in [0.3, 0.4) is 0 Å². The van der Waals surface area contributed by atoms with Gasteiger partial charge in [-0.25, -0.2) is 4.68 Å². The molecule has 0 aliphatic carbocycles. The molecule has 0 saturated heterocycles. The molecule has 0 fully saturated rings. The molecule has 15 heavy (non-hydrogen) atoms. The van der Waals surface area contributed by atoms with Crippen LogP contribution < -0.4 is 4.65 Å². The molecule has 0 saturated carbocycles. The van der Waals surface area contributed by atoms with Gasteiger partial charge in [-0.15, -0.1) is 0 Å². The van der Waals surface area contributed by atoms with Gasteiger partial charge >= 0.3 is 13.5 Å². The summed E-state index contributed by atoms with van der Waals surface area (Å²) in [7, 11) is -2.17. The van der Waals surface area contributed by atoms with Crippen LogP contribution >= 0.6 is 0 Å². The van der Waals surface area contributed by atoms with Crippen LogP contribution in [-0.4, -0.2) is 27.1 Å². The third-order valence-electron chi connectivity index (χ3n) is 1.56. The molecule has 1 aromatic rings. The Labute approximate surface area is 83.3 Å². The number of hydrogen-bond acceptors (Lipinski definition) is 4. The SMILES string of the molecule is CCn1nc(C(F)(F)F)cc1OB(O)O. The molecule has 0 amide bonds. The van der Waals surface area contributed by atoms with E-state index < -0.39 is 19.2 Å². The zero-order chi connectivity index (χ0) is 11.6. The summed E-state index contributed by atoms with van der Waals surface area (Å²) in [6.07, 6.45) is -4.58. The summed E-state index contributed by atoms with van der Waals surface area (Å²) in [6.45, 7) is 1.67. The van der Waals surface area contributed by atoms with Crippen molar-refractivity contribution in [2.24, 2.45) is 0 Å². The Hall–Kier alpha value is -1.22. The van der Waals surface area contributed by atoms with Crippen LogP contribution in [0.25, 0.3) is 0 Å². The standard InChI is InChI=1S/C6H8BF3N2O3/c1-2-12-5(15-7(13)14)3-4(11-12)6(8,9)10/h3,13-14H,2H2,1H3. The van der Waals surface area contributed by atoms with E-state index >= 15 is 0 Å².